The lowest BCUT2D eigenvalue weighted by molar-refractivity contribution is -0.133. The van der Waals surface area contributed by atoms with E-state index < -0.39 is 36.9 Å². The molecule has 0 unspecified atom stereocenters. The van der Waals surface area contributed by atoms with E-state index >= 15 is 0 Å². The van der Waals surface area contributed by atoms with Gasteiger partial charge in [0.1, 0.15) is 11.4 Å². The van der Waals surface area contributed by atoms with Crippen LogP contribution in [-0.2, 0) is 17.7 Å². The molecule has 1 aliphatic rings. The Labute approximate surface area is 266 Å². The summed E-state index contributed by atoms with van der Waals surface area (Å²) in [5, 5.41) is 7.15. The number of fused-ring (bicyclic) bond motifs is 3. The average molecular weight is 653 g/mol. The summed E-state index contributed by atoms with van der Waals surface area (Å²) in [6.07, 6.45) is -5.03. The predicted molar refractivity (Wildman–Crippen MR) is 168 cm³/mol. The molecule has 4 N–H and O–H groups in total. The SMILES string of the molecule is COC(=O)c1nc(C(=O)NCCC(F)(F)F)ccc1-c1cc2c(cc1C(=O)Nc1c(C)cc(CN)cc1C)-c1sccc1CCO2. The first kappa shape index (κ1) is 32.6. The standard InChI is InChI=1S/C33H31F3N4O5S/c1-17-12-19(16-37)13-18(2)27(17)40-30(41)23-14-24-26(45-10-6-20-7-11-46-29(20)24)15-22(23)21-4-5-25(39-28(21)32(43)44-3)31(42)38-9-8-33(34,35)36/h4-5,7,11-15H,6,8-10,16,37H2,1-3H3,(H,38,42)(H,40,41). The van der Waals surface area contributed by atoms with Gasteiger partial charge in [-0.05, 0) is 71.8 Å². The molecule has 46 heavy (non-hydrogen) atoms. The van der Waals surface area contributed by atoms with Crippen LogP contribution in [-0.4, -0.2) is 49.2 Å². The van der Waals surface area contributed by atoms with Crippen LogP contribution in [0.1, 0.15) is 60.0 Å². The fraction of sp³-hybridized carbons (Fsp3) is 0.273. The summed E-state index contributed by atoms with van der Waals surface area (Å²) in [4.78, 5) is 45.0. The Hall–Kier alpha value is -4.75. The van der Waals surface area contributed by atoms with Gasteiger partial charge in [-0.25, -0.2) is 9.78 Å². The van der Waals surface area contributed by atoms with Gasteiger partial charge in [0.2, 0.25) is 0 Å². The lowest BCUT2D eigenvalue weighted by atomic mass is 9.93. The molecule has 2 aromatic heterocycles. The fourth-order valence-electron chi connectivity index (χ4n) is 5.34. The molecule has 0 bridgehead atoms. The van der Waals surface area contributed by atoms with Gasteiger partial charge < -0.3 is 25.8 Å². The maximum atomic E-state index is 14.1. The Bertz CT molecular complexity index is 1810. The summed E-state index contributed by atoms with van der Waals surface area (Å²) >= 11 is 1.52. The van der Waals surface area contributed by atoms with E-state index in [4.69, 9.17) is 15.2 Å². The number of carbonyl (C=O) groups is 3. The van der Waals surface area contributed by atoms with Gasteiger partial charge in [-0.2, -0.15) is 13.2 Å². The van der Waals surface area contributed by atoms with E-state index in [9.17, 15) is 27.6 Å². The van der Waals surface area contributed by atoms with Crippen LogP contribution in [0.15, 0.2) is 47.8 Å². The number of aryl methyl sites for hydroxylation is 2. The number of aromatic nitrogens is 1. The molecule has 1 aliphatic heterocycles. The van der Waals surface area contributed by atoms with Crippen molar-refractivity contribution in [1.82, 2.24) is 10.3 Å². The zero-order valence-corrected chi connectivity index (χ0v) is 26.1. The number of hydrogen-bond donors (Lipinski definition) is 3. The number of nitrogens with two attached hydrogens (primary N) is 1. The number of amides is 2. The van der Waals surface area contributed by atoms with E-state index in [0.29, 0.717) is 36.6 Å². The number of ether oxygens (including phenoxy) is 2. The van der Waals surface area contributed by atoms with Crippen molar-refractivity contribution in [3.63, 3.8) is 0 Å². The first-order chi connectivity index (χ1) is 21.9. The number of alkyl halides is 3. The highest BCUT2D eigenvalue weighted by atomic mass is 32.1. The maximum absolute atomic E-state index is 14.1. The highest BCUT2D eigenvalue weighted by Crippen LogP contribution is 2.43. The molecule has 0 saturated heterocycles. The van der Waals surface area contributed by atoms with E-state index in [-0.39, 0.29) is 28.1 Å². The normalized spacial score (nSPS) is 12.3. The third-order valence-electron chi connectivity index (χ3n) is 7.54. The number of benzene rings is 2. The molecular weight excluding hydrogens is 621 g/mol. The van der Waals surface area contributed by atoms with Crippen molar-refractivity contribution in [2.75, 3.05) is 25.6 Å². The molecule has 0 spiro atoms. The van der Waals surface area contributed by atoms with Crippen molar-refractivity contribution in [3.8, 4) is 27.3 Å². The quantitative estimate of drug-likeness (QED) is 0.193. The van der Waals surface area contributed by atoms with Crippen LogP contribution >= 0.6 is 11.3 Å². The maximum Gasteiger partial charge on any atom is 0.390 e. The second-order valence-electron chi connectivity index (χ2n) is 10.7. The molecule has 0 radical (unpaired) electrons. The molecule has 9 nitrogen and oxygen atoms in total. The number of methoxy groups -OCH3 is 1. The predicted octanol–water partition coefficient (Wildman–Crippen LogP) is 6.21. The molecule has 13 heteroatoms. The summed E-state index contributed by atoms with van der Waals surface area (Å²) in [6, 6.07) is 11.8. The number of pyridine rings is 1. The van der Waals surface area contributed by atoms with Gasteiger partial charge in [-0.15, -0.1) is 11.3 Å². The number of thiophene rings is 1. The summed E-state index contributed by atoms with van der Waals surface area (Å²) < 4.78 is 48.9. The van der Waals surface area contributed by atoms with Gasteiger partial charge in [0.15, 0.2) is 5.69 Å². The molecule has 0 fully saturated rings. The topological polar surface area (TPSA) is 133 Å². The molecule has 0 aliphatic carbocycles. The smallest absolute Gasteiger partial charge is 0.390 e. The molecule has 3 heterocycles. The van der Waals surface area contributed by atoms with Crippen molar-refractivity contribution in [1.29, 1.82) is 0 Å². The van der Waals surface area contributed by atoms with Crippen LogP contribution in [0.2, 0.25) is 0 Å². The number of anilines is 1. The Kier molecular flexibility index (Phi) is 9.44. The third kappa shape index (κ3) is 6.90. The van der Waals surface area contributed by atoms with E-state index in [1.54, 1.807) is 12.1 Å². The monoisotopic (exact) mass is 652 g/mol. The van der Waals surface area contributed by atoms with Crippen molar-refractivity contribution in [2.24, 2.45) is 5.73 Å². The lowest BCUT2D eigenvalue weighted by Gasteiger charge is -2.19. The Morgan fingerprint density at radius 2 is 1.76 bits per heavy atom. The zero-order chi connectivity index (χ0) is 33.2. The number of carbonyl (C=O) groups excluding carboxylic acids is 3. The Balaban J connectivity index is 1.64. The number of halogens is 3. The van der Waals surface area contributed by atoms with Gasteiger partial charge in [0, 0.05) is 52.3 Å². The van der Waals surface area contributed by atoms with Gasteiger partial charge in [0.25, 0.3) is 11.8 Å². The lowest BCUT2D eigenvalue weighted by Crippen LogP contribution is -2.29. The van der Waals surface area contributed by atoms with Crippen LogP contribution < -0.4 is 21.1 Å². The van der Waals surface area contributed by atoms with Gasteiger partial charge in [0.05, 0.1) is 20.1 Å². The molecule has 240 valence electrons. The molecule has 0 atom stereocenters. The van der Waals surface area contributed by atoms with Crippen LogP contribution in [0.25, 0.3) is 21.6 Å². The van der Waals surface area contributed by atoms with Crippen molar-refractivity contribution < 1.29 is 37.0 Å². The largest absolute Gasteiger partial charge is 0.493 e. The zero-order valence-electron chi connectivity index (χ0n) is 25.3. The summed E-state index contributed by atoms with van der Waals surface area (Å²) in [6.45, 7) is 3.79. The number of rotatable bonds is 8. The fourth-order valence-corrected chi connectivity index (χ4v) is 6.32. The van der Waals surface area contributed by atoms with Gasteiger partial charge in [-0.1, -0.05) is 12.1 Å². The van der Waals surface area contributed by atoms with E-state index in [2.05, 4.69) is 15.6 Å². The van der Waals surface area contributed by atoms with Gasteiger partial charge >= 0.3 is 12.1 Å². The molecule has 0 saturated carbocycles. The first-order valence-corrected chi connectivity index (χ1v) is 15.2. The molecular formula is C33H31F3N4O5S. The second kappa shape index (κ2) is 13.3. The van der Waals surface area contributed by atoms with Gasteiger partial charge in [-0.3, -0.25) is 9.59 Å². The van der Waals surface area contributed by atoms with Crippen LogP contribution in [0.3, 0.4) is 0 Å². The molecule has 2 aromatic carbocycles. The summed E-state index contributed by atoms with van der Waals surface area (Å²) in [5.74, 6) is -1.80. The minimum absolute atomic E-state index is 0.165. The Morgan fingerprint density at radius 1 is 1.02 bits per heavy atom. The molecule has 2 amide bonds. The van der Waals surface area contributed by atoms with Crippen LogP contribution in [0, 0.1) is 13.8 Å². The van der Waals surface area contributed by atoms with E-state index in [0.717, 1.165) is 34.2 Å². The molecule has 5 rings (SSSR count). The summed E-state index contributed by atoms with van der Waals surface area (Å²) in [5.41, 5.74) is 10.8. The van der Waals surface area contributed by atoms with Crippen molar-refractivity contribution in [3.05, 3.63) is 87.0 Å². The summed E-state index contributed by atoms with van der Waals surface area (Å²) in [7, 11) is 1.13. The minimum Gasteiger partial charge on any atom is -0.493 e. The second-order valence-corrected chi connectivity index (χ2v) is 11.7. The highest BCUT2D eigenvalue weighted by molar-refractivity contribution is 7.13. The number of hydrogen-bond acceptors (Lipinski definition) is 8. The average Bonchev–Trinajstić information content (AvgIpc) is 3.42. The van der Waals surface area contributed by atoms with E-state index in [1.165, 1.54) is 23.5 Å². The van der Waals surface area contributed by atoms with E-state index in [1.807, 2.05) is 37.4 Å². The van der Waals surface area contributed by atoms with Crippen LogP contribution in [0.4, 0.5) is 18.9 Å². The Morgan fingerprint density at radius 3 is 2.43 bits per heavy atom. The molecule has 4 aromatic rings. The van der Waals surface area contributed by atoms with Crippen molar-refractivity contribution in [2.45, 2.75) is 39.4 Å². The number of nitrogens with one attached hydrogen (secondary N) is 2. The van der Waals surface area contributed by atoms with Crippen LogP contribution in [0.5, 0.6) is 5.75 Å². The number of esters is 1. The van der Waals surface area contributed by atoms with Crippen molar-refractivity contribution >= 4 is 34.8 Å². The third-order valence-corrected chi connectivity index (χ3v) is 8.53. The number of nitrogens with zero attached hydrogens (tertiary/aromatic N) is 1. The highest BCUT2D eigenvalue weighted by Gasteiger charge is 2.29. The minimum atomic E-state index is -4.46. The first-order valence-electron chi connectivity index (χ1n) is 14.3.